The Morgan fingerprint density at radius 2 is 1.58 bits per heavy atom. The molecule has 1 aliphatic rings. The number of hydrogen-bond donors (Lipinski definition) is 2. The Labute approximate surface area is 227 Å². The van der Waals surface area contributed by atoms with Gasteiger partial charge in [-0.3, -0.25) is 9.59 Å². The van der Waals surface area contributed by atoms with Gasteiger partial charge in [-0.2, -0.15) is 0 Å². The molecule has 1 fully saturated rings. The second-order valence-corrected chi connectivity index (χ2v) is 8.07. The number of fused-ring (bicyclic) bond motifs is 1. The maximum absolute atomic E-state index is 13.0. The number of piperazine rings is 1. The molecule has 0 atom stereocenters. The summed E-state index contributed by atoms with van der Waals surface area (Å²) >= 11 is 0. The average molecular weight is 493 g/mol. The van der Waals surface area contributed by atoms with Crippen molar-refractivity contribution in [1.29, 1.82) is 0 Å². The molecular formula is C24H20N7NaO4. The van der Waals surface area contributed by atoms with E-state index in [1.54, 1.807) is 41.3 Å². The molecule has 0 radical (unpaired) electrons. The van der Waals surface area contributed by atoms with Crippen LogP contribution in [0.5, 0.6) is 0 Å². The molecule has 0 aliphatic carbocycles. The van der Waals surface area contributed by atoms with Crippen LogP contribution >= 0.6 is 0 Å². The number of carbonyl (C=O) groups excluding carboxylic acids is 3. The van der Waals surface area contributed by atoms with Crippen LogP contribution in [0, 0.1) is 0 Å². The summed E-state index contributed by atoms with van der Waals surface area (Å²) in [5, 5.41) is 10.9. The number of primary amides is 1. The predicted octanol–water partition coefficient (Wildman–Crippen LogP) is -2.55. The van der Waals surface area contributed by atoms with Crippen LogP contribution in [0.1, 0.15) is 31.1 Å². The van der Waals surface area contributed by atoms with Gasteiger partial charge in [0.05, 0.1) is 17.0 Å². The monoisotopic (exact) mass is 493 g/mol. The molecule has 1 saturated heterocycles. The third-order valence-electron chi connectivity index (χ3n) is 5.91. The first kappa shape index (κ1) is 25.3. The minimum absolute atomic E-state index is 0. The van der Waals surface area contributed by atoms with Crippen molar-refractivity contribution >= 4 is 34.8 Å². The van der Waals surface area contributed by atoms with Crippen molar-refractivity contribution in [2.75, 3.05) is 31.1 Å². The van der Waals surface area contributed by atoms with E-state index in [0.717, 1.165) is 5.56 Å². The number of amides is 2. The molecule has 2 aromatic heterocycles. The van der Waals surface area contributed by atoms with Gasteiger partial charge in [0.1, 0.15) is 11.3 Å². The fraction of sp³-hybridized carbons (Fsp3) is 0.167. The standard InChI is InChI=1S/C24H21N7O4.Na/c25-20(32)17-2-1-3-18-19(17)29-21(28-18)14-4-6-15(7-5-14)22(33)30-8-10-31(11-9-30)24-26-12-16(13-27-24)23(34)35;/h1-7,12-13H,8-11H2,(H2,25,32)(H,28,29)(H,34,35);/q;+1/p-1. The number of H-pyrrole nitrogens is 1. The van der Waals surface area contributed by atoms with Crippen LogP contribution in [0.25, 0.3) is 22.4 Å². The molecule has 1 aliphatic heterocycles. The molecule has 3 N–H and O–H groups in total. The zero-order valence-electron chi connectivity index (χ0n) is 19.5. The molecule has 0 spiro atoms. The maximum Gasteiger partial charge on any atom is 1.00 e. The van der Waals surface area contributed by atoms with Crippen LogP contribution in [0.4, 0.5) is 5.95 Å². The summed E-state index contributed by atoms with van der Waals surface area (Å²) in [5.41, 5.74) is 8.23. The zero-order valence-corrected chi connectivity index (χ0v) is 21.5. The second-order valence-electron chi connectivity index (χ2n) is 8.07. The molecule has 0 unspecified atom stereocenters. The van der Waals surface area contributed by atoms with Crippen LogP contribution in [-0.4, -0.2) is 68.8 Å². The molecule has 2 aromatic carbocycles. The molecule has 0 bridgehead atoms. The Balaban J connectivity index is 0.00000304. The largest absolute Gasteiger partial charge is 1.00 e. The number of nitrogens with two attached hydrogens (primary N) is 1. The average Bonchev–Trinajstić information content (AvgIpc) is 3.33. The first-order valence-corrected chi connectivity index (χ1v) is 10.9. The Morgan fingerprint density at radius 1 is 0.917 bits per heavy atom. The smallest absolute Gasteiger partial charge is 0.545 e. The Morgan fingerprint density at radius 3 is 2.19 bits per heavy atom. The maximum atomic E-state index is 13.0. The summed E-state index contributed by atoms with van der Waals surface area (Å²) in [5.74, 6) is -0.975. The molecule has 2 amide bonds. The van der Waals surface area contributed by atoms with E-state index in [9.17, 15) is 19.5 Å². The van der Waals surface area contributed by atoms with Gasteiger partial charge < -0.3 is 30.4 Å². The quantitative estimate of drug-likeness (QED) is 0.287. The number of anilines is 1. The van der Waals surface area contributed by atoms with E-state index in [1.165, 1.54) is 12.4 Å². The number of benzene rings is 2. The number of nitrogens with one attached hydrogen (secondary N) is 1. The van der Waals surface area contributed by atoms with Crippen LogP contribution < -0.4 is 45.3 Å². The van der Waals surface area contributed by atoms with Crippen LogP contribution in [0.2, 0.25) is 0 Å². The van der Waals surface area contributed by atoms with E-state index < -0.39 is 11.9 Å². The Bertz CT molecular complexity index is 1430. The Hall–Kier alpha value is -3.80. The SMILES string of the molecule is NC(=O)c1cccc2[nH]c(-c3ccc(C(=O)N4CCN(c5ncc(C(=O)[O-])cn5)CC4)cc3)nc12.[Na+]. The summed E-state index contributed by atoms with van der Waals surface area (Å²) in [6, 6.07) is 12.3. The van der Waals surface area contributed by atoms with Crippen molar-refractivity contribution in [1.82, 2.24) is 24.8 Å². The number of imidazole rings is 1. The van der Waals surface area contributed by atoms with Crippen molar-refractivity contribution in [3.05, 3.63) is 71.5 Å². The van der Waals surface area contributed by atoms with Gasteiger partial charge in [0.15, 0.2) is 0 Å². The van der Waals surface area contributed by atoms with Gasteiger partial charge in [-0.1, -0.05) is 18.2 Å². The first-order valence-electron chi connectivity index (χ1n) is 10.9. The van der Waals surface area contributed by atoms with E-state index in [1.807, 2.05) is 11.0 Å². The Kier molecular flexibility index (Phi) is 7.34. The summed E-state index contributed by atoms with van der Waals surface area (Å²) in [7, 11) is 0. The van der Waals surface area contributed by atoms with Gasteiger partial charge in [-0.05, 0) is 24.3 Å². The first-order chi connectivity index (χ1) is 16.9. The van der Waals surface area contributed by atoms with Crippen LogP contribution in [0.3, 0.4) is 0 Å². The summed E-state index contributed by atoms with van der Waals surface area (Å²) in [6.45, 7) is 2.00. The molecule has 176 valence electrons. The molecular weight excluding hydrogens is 473 g/mol. The minimum Gasteiger partial charge on any atom is -0.545 e. The molecule has 36 heavy (non-hydrogen) atoms. The van der Waals surface area contributed by atoms with Crippen molar-refractivity contribution in [2.24, 2.45) is 5.73 Å². The van der Waals surface area contributed by atoms with Crippen molar-refractivity contribution in [2.45, 2.75) is 0 Å². The fourth-order valence-electron chi connectivity index (χ4n) is 4.02. The van der Waals surface area contributed by atoms with Gasteiger partial charge >= 0.3 is 29.6 Å². The van der Waals surface area contributed by atoms with Crippen LogP contribution in [0.15, 0.2) is 54.9 Å². The van der Waals surface area contributed by atoms with Crippen molar-refractivity contribution in [3.63, 3.8) is 0 Å². The summed E-state index contributed by atoms with van der Waals surface area (Å²) in [4.78, 5) is 55.0. The van der Waals surface area contributed by atoms with Gasteiger partial charge in [-0.25, -0.2) is 15.0 Å². The number of aromatic nitrogens is 4. The summed E-state index contributed by atoms with van der Waals surface area (Å²) < 4.78 is 0. The second kappa shape index (κ2) is 10.4. The molecule has 12 heteroatoms. The topological polar surface area (TPSA) is 161 Å². The van der Waals surface area contributed by atoms with Crippen molar-refractivity contribution < 1.29 is 49.0 Å². The number of carboxylic acids is 1. The predicted molar refractivity (Wildman–Crippen MR) is 125 cm³/mol. The summed E-state index contributed by atoms with van der Waals surface area (Å²) in [6.07, 6.45) is 2.43. The van der Waals surface area contributed by atoms with Crippen molar-refractivity contribution in [3.8, 4) is 11.4 Å². The normalized spacial score (nSPS) is 13.3. The van der Waals surface area contributed by atoms with E-state index in [4.69, 9.17) is 5.73 Å². The number of rotatable bonds is 5. The van der Waals surface area contributed by atoms with Gasteiger partial charge in [0.2, 0.25) is 5.95 Å². The number of carbonyl (C=O) groups is 3. The number of nitrogens with zero attached hydrogens (tertiary/aromatic N) is 5. The van der Waals surface area contributed by atoms with Gasteiger partial charge in [-0.15, -0.1) is 0 Å². The van der Waals surface area contributed by atoms with E-state index in [-0.39, 0.29) is 41.0 Å². The fourth-order valence-corrected chi connectivity index (χ4v) is 4.02. The third-order valence-corrected chi connectivity index (χ3v) is 5.91. The third kappa shape index (κ3) is 4.94. The molecule has 0 saturated carbocycles. The van der Waals surface area contributed by atoms with Crippen LogP contribution in [-0.2, 0) is 0 Å². The number of para-hydroxylation sites is 1. The van der Waals surface area contributed by atoms with E-state index >= 15 is 0 Å². The van der Waals surface area contributed by atoms with E-state index in [0.29, 0.717) is 60.1 Å². The molecule has 3 heterocycles. The number of carboxylic acid groups (broad SMARTS) is 1. The number of hydrogen-bond acceptors (Lipinski definition) is 8. The van der Waals surface area contributed by atoms with Gasteiger partial charge in [0, 0.05) is 55.3 Å². The number of aromatic amines is 1. The minimum atomic E-state index is -1.33. The number of aromatic carboxylic acids is 1. The van der Waals surface area contributed by atoms with E-state index in [2.05, 4.69) is 19.9 Å². The zero-order chi connectivity index (χ0) is 24.5. The van der Waals surface area contributed by atoms with Gasteiger partial charge in [0.25, 0.3) is 11.8 Å². The molecule has 11 nitrogen and oxygen atoms in total. The molecule has 4 aromatic rings. The molecule has 5 rings (SSSR count).